The molecule has 1 atom stereocenters. The van der Waals surface area contributed by atoms with Crippen LogP contribution in [0.1, 0.15) is 6.42 Å². The number of hydrogen-bond donors (Lipinski definition) is 2. The molecule has 0 radical (unpaired) electrons. The van der Waals surface area contributed by atoms with Gasteiger partial charge in [0.05, 0.1) is 5.75 Å². The number of para-hydroxylation sites is 1. The number of nitrogens with one attached hydrogen (secondary N) is 1. The van der Waals surface area contributed by atoms with Crippen LogP contribution in [0, 0.1) is 5.92 Å². The lowest BCUT2D eigenvalue weighted by Crippen LogP contribution is -2.18. The van der Waals surface area contributed by atoms with Crippen LogP contribution in [0.3, 0.4) is 0 Å². The molecule has 5 heteroatoms. The quantitative estimate of drug-likeness (QED) is 0.820. The zero-order valence-electron chi connectivity index (χ0n) is 8.89. The monoisotopic (exact) mass is 241 g/mol. The van der Waals surface area contributed by atoms with Gasteiger partial charge in [0, 0.05) is 0 Å². The SMILES string of the molecule is O=S(=O)(CC1CCNC1)c1ccccc1O. The maximum Gasteiger partial charge on any atom is 0.182 e. The van der Waals surface area contributed by atoms with Crippen LogP contribution in [0.4, 0.5) is 0 Å². The summed E-state index contributed by atoms with van der Waals surface area (Å²) in [5.41, 5.74) is 0. The average Bonchev–Trinajstić information content (AvgIpc) is 2.70. The van der Waals surface area contributed by atoms with Crippen LogP contribution in [-0.4, -0.2) is 32.4 Å². The molecule has 0 saturated carbocycles. The van der Waals surface area contributed by atoms with Gasteiger partial charge in [0.2, 0.25) is 0 Å². The van der Waals surface area contributed by atoms with E-state index in [9.17, 15) is 13.5 Å². The Bertz CT molecular complexity index is 464. The molecular weight excluding hydrogens is 226 g/mol. The smallest absolute Gasteiger partial charge is 0.182 e. The Kier molecular flexibility index (Phi) is 3.16. The molecule has 1 aliphatic heterocycles. The number of phenolic OH excluding ortho intramolecular Hbond substituents is 1. The molecule has 0 aliphatic carbocycles. The van der Waals surface area contributed by atoms with Crippen LogP contribution in [-0.2, 0) is 9.84 Å². The zero-order valence-corrected chi connectivity index (χ0v) is 9.70. The van der Waals surface area contributed by atoms with Crippen LogP contribution >= 0.6 is 0 Å². The van der Waals surface area contributed by atoms with Gasteiger partial charge in [-0.25, -0.2) is 8.42 Å². The number of phenols is 1. The van der Waals surface area contributed by atoms with Crippen LogP contribution in [0.25, 0.3) is 0 Å². The van der Waals surface area contributed by atoms with E-state index >= 15 is 0 Å². The Morgan fingerprint density at radius 2 is 2.12 bits per heavy atom. The maximum atomic E-state index is 12.0. The first-order chi connectivity index (χ1) is 7.59. The van der Waals surface area contributed by atoms with E-state index in [4.69, 9.17) is 0 Å². The summed E-state index contributed by atoms with van der Waals surface area (Å²) in [6.45, 7) is 1.62. The fraction of sp³-hybridized carbons (Fsp3) is 0.455. The van der Waals surface area contributed by atoms with Gasteiger partial charge in [0.1, 0.15) is 10.6 Å². The van der Waals surface area contributed by atoms with Gasteiger partial charge in [-0.3, -0.25) is 0 Å². The molecule has 88 valence electrons. The predicted octanol–water partition coefficient (Wildman–Crippen LogP) is 0.775. The Labute approximate surface area is 95.2 Å². The van der Waals surface area contributed by atoms with E-state index in [1.807, 2.05) is 0 Å². The lowest BCUT2D eigenvalue weighted by atomic mass is 10.2. The van der Waals surface area contributed by atoms with Gasteiger partial charge in [-0.2, -0.15) is 0 Å². The number of benzene rings is 1. The summed E-state index contributed by atoms with van der Waals surface area (Å²) in [5.74, 6) is 0.107. The summed E-state index contributed by atoms with van der Waals surface area (Å²) in [7, 11) is -3.36. The Hall–Kier alpha value is -1.07. The highest BCUT2D eigenvalue weighted by molar-refractivity contribution is 7.91. The van der Waals surface area contributed by atoms with Crippen molar-refractivity contribution in [1.82, 2.24) is 5.32 Å². The number of hydrogen-bond acceptors (Lipinski definition) is 4. The highest BCUT2D eigenvalue weighted by Gasteiger charge is 2.25. The summed E-state index contributed by atoms with van der Waals surface area (Å²) >= 11 is 0. The third-order valence-electron chi connectivity index (χ3n) is 2.82. The zero-order chi connectivity index (χ0) is 11.6. The van der Waals surface area contributed by atoms with Crippen molar-refractivity contribution >= 4 is 9.84 Å². The minimum atomic E-state index is -3.36. The minimum absolute atomic E-state index is 0.0434. The van der Waals surface area contributed by atoms with Gasteiger partial charge in [-0.15, -0.1) is 0 Å². The fourth-order valence-corrected chi connectivity index (χ4v) is 3.73. The third kappa shape index (κ3) is 2.36. The summed E-state index contributed by atoms with van der Waals surface area (Å²) in [4.78, 5) is 0.0434. The van der Waals surface area contributed by atoms with Crippen LogP contribution in [0.5, 0.6) is 5.75 Å². The first-order valence-electron chi connectivity index (χ1n) is 5.31. The Balaban J connectivity index is 2.21. The van der Waals surface area contributed by atoms with E-state index < -0.39 is 9.84 Å². The summed E-state index contributed by atoms with van der Waals surface area (Å²) in [5, 5.41) is 12.7. The molecule has 1 unspecified atom stereocenters. The molecular formula is C11H15NO3S. The standard InChI is InChI=1S/C11H15NO3S/c13-10-3-1-2-4-11(10)16(14,15)8-9-5-6-12-7-9/h1-4,9,12-13H,5-8H2. The van der Waals surface area contributed by atoms with E-state index in [0.29, 0.717) is 0 Å². The first-order valence-corrected chi connectivity index (χ1v) is 6.96. The Morgan fingerprint density at radius 1 is 1.38 bits per heavy atom. The van der Waals surface area contributed by atoms with Crippen LogP contribution in [0.2, 0.25) is 0 Å². The molecule has 0 bridgehead atoms. The lowest BCUT2D eigenvalue weighted by molar-refractivity contribution is 0.458. The molecule has 1 fully saturated rings. The molecule has 2 N–H and O–H groups in total. The summed E-state index contributed by atoms with van der Waals surface area (Å²) < 4.78 is 24.0. The van der Waals surface area contributed by atoms with E-state index in [1.165, 1.54) is 12.1 Å². The molecule has 1 saturated heterocycles. The summed E-state index contributed by atoms with van der Waals surface area (Å²) in [6.07, 6.45) is 0.882. The topological polar surface area (TPSA) is 66.4 Å². The largest absolute Gasteiger partial charge is 0.507 e. The van der Waals surface area contributed by atoms with Crippen molar-refractivity contribution in [2.75, 3.05) is 18.8 Å². The molecule has 16 heavy (non-hydrogen) atoms. The fourth-order valence-electron chi connectivity index (χ4n) is 1.98. The van der Waals surface area contributed by atoms with E-state index in [1.54, 1.807) is 12.1 Å². The molecule has 0 aromatic heterocycles. The predicted molar refractivity (Wildman–Crippen MR) is 61.1 cm³/mol. The first kappa shape index (κ1) is 11.4. The molecule has 0 amide bonds. The molecule has 1 aromatic rings. The van der Waals surface area contributed by atoms with E-state index in [0.717, 1.165) is 19.5 Å². The van der Waals surface area contributed by atoms with Crippen molar-refractivity contribution in [3.05, 3.63) is 24.3 Å². The number of rotatable bonds is 3. The van der Waals surface area contributed by atoms with Crippen molar-refractivity contribution in [1.29, 1.82) is 0 Å². The van der Waals surface area contributed by atoms with Crippen molar-refractivity contribution in [3.8, 4) is 5.75 Å². The van der Waals surface area contributed by atoms with E-state index in [-0.39, 0.29) is 22.3 Å². The number of aromatic hydroxyl groups is 1. The van der Waals surface area contributed by atoms with E-state index in [2.05, 4.69) is 5.32 Å². The van der Waals surface area contributed by atoms with Gasteiger partial charge in [-0.05, 0) is 37.6 Å². The molecule has 1 aliphatic rings. The molecule has 0 spiro atoms. The van der Waals surface area contributed by atoms with Crippen molar-refractivity contribution in [2.45, 2.75) is 11.3 Å². The third-order valence-corrected chi connectivity index (χ3v) is 4.74. The highest BCUT2D eigenvalue weighted by atomic mass is 32.2. The van der Waals surface area contributed by atoms with Crippen LogP contribution < -0.4 is 5.32 Å². The van der Waals surface area contributed by atoms with Gasteiger partial charge in [0.15, 0.2) is 9.84 Å². The second-order valence-electron chi connectivity index (χ2n) is 4.11. The van der Waals surface area contributed by atoms with Gasteiger partial charge >= 0.3 is 0 Å². The molecule has 1 heterocycles. The second-order valence-corrected chi connectivity index (χ2v) is 6.11. The van der Waals surface area contributed by atoms with Gasteiger partial charge < -0.3 is 10.4 Å². The number of sulfone groups is 1. The van der Waals surface area contributed by atoms with Gasteiger partial charge in [-0.1, -0.05) is 12.1 Å². The van der Waals surface area contributed by atoms with Gasteiger partial charge in [0.25, 0.3) is 0 Å². The lowest BCUT2D eigenvalue weighted by Gasteiger charge is -2.10. The average molecular weight is 241 g/mol. The summed E-state index contributed by atoms with van der Waals surface area (Å²) in [6, 6.07) is 6.10. The molecule has 4 nitrogen and oxygen atoms in total. The maximum absolute atomic E-state index is 12.0. The highest BCUT2D eigenvalue weighted by Crippen LogP contribution is 2.25. The minimum Gasteiger partial charge on any atom is -0.507 e. The second kappa shape index (κ2) is 4.43. The Morgan fingerprint density at radius 3 is 2.75 bits per heavy atom. The van der Waals surface area contributed by atoms with Crippen LogP contribution in [0.15, 0.2) is 29.2 Å². The normalized spacial score (nSPS) is 21.1. The van der Waals surface area contributed by atoms with Crippen molar-refractivity contribution in [3.63, 3.8) is 0 Å². The molecule has 2 rings (SSSR count). The molecule has 1 aromatic carbocycles. The van der Waals surface area contributed by atoms with Crippen molar-refractivity contribution < 1.29 is 13.5 Å². The van der Waals surface area contributed by atoms with Crippen molar-refractivity contribution in [2.24, 2.45) is 5.92 Å².